The van der Waals surface area contributed by atoms with Gasteiger partial charge in [0, 0.05) is 11.8 Å². The van der Waals surface area contributed by atoms with Crippen LogP contribution in [0.3, 0.4) is 0 Å². The summed E-state index contributed by atoms with van der Waals surface area (Å²) in [6.07, 6.45) is 3.82. The molecule has 0 radical (unpaired) electrons. The molecule has 0 spiro atoms. The monoisotopic (exact) mass is 556 g/mol. The second-order valence-corrected chi connectivity index (χ2v) is 10.7. The van der Waals surface area contributed by atoms with Gasteiger partial charge in [0.2, 0.25) is 11.8 Å². The van der Waals surface area contributed by atoms with Crippen molar-refractivity contribution in [3.8, 4) is 5.75 Å². The van der Waals surface area contributed by atoms with Crippen molar-refractivity contribution in [2.75, 3.05) is 12.0 Å². The van der Waals surface area contributed by atoms with Crippen LogP contribution in [-0.4, -0.2) is 35.6 Å². The molecule has 0 bridgehead atoms. The van der Waals surface area contributed by atoms with Crippen molar-refractivity contribution in [1.29, 1.82) is 0 Å². The topological polar surface area (TPSA) is 66.9 Å². The summed E-state index contributed by atoms with van der Waals surface area (Å²) in [5.74, 6) is -1.65. The summed E-state index contributed by atoms with van der Waals surface area (Å²) in [5.41, 5.74) is 4.89. The van der Waals surface area contributed by atoms with E-state index in [0.717, 1.165) is 22.3 Å². The van der Waals surface area contributed by atoms with E-state index in [1.54, 1.807) is 25.3 Å². The highest BCUT2D eigenvalue weighted by Gasteiger charge is 2.64. The minimum Gasteiger partial charge on any atom is -0.496 e. The van der Waals surface area contributed by atoms with Crippen LogP contribution >= 0.6 is 15.9 Å². The Balaban J connectivity index is 1.49. The standard InChI is InChI=1S/C30H25BrN2O4/c1-16-8-10-22(17(2)14-16)33-29(35)24-25(30(33)36)27(28(34)19-9-11-23(37-3)21(31)15-19)32-13-12-18-6-4-5-7-20(18)26(24)32/h4-15,24-27H,1-3H3/t24-,25+,26+,27-/m1/s1. The number of ketones is 1. The highest BCUT2D eigenvalue weighted by Crippen LogP contribution is 2.54. The lowest BCUT2D eigenvalue weighted by atomic mass is 9.83. The van der Waals surface area contributed by atoms with Crippen molar-refractivity contribution in [2.24, 2.45) is 11.8 Å². The van der Waals surface area contributed by atoms with Gasteiger partial charge in [-0.3, -0.25) is 14.4 Å². The summed E-state index contributed by atoms with van der Waals surface area (Å²) in [6, 6.07) is 17.5. The largest absolute Gasteiger partial charge is 0.496 e. The van der Waals surface area contributed by atoms with Crippen molar-refractivity contribution in [2.45, 2.75) is 25.9 Å². The molecule has 6 nitrogen and oxygen atoms in total. The number of fused-ring (bicyclic) bond motifs is 5. The minimum atomic E-state index is -0.813. The molecule has 7 heteroatoms. The number of halogens is 1. The third kappa shape index (κ3) is 3.48. The van der Waals surface area contributed by atoms with Crippen molar-refractivity contribution < 1.29 is 19.1 Å². The van der Waals surface area contributed by atoms with Crippen LogP contribution in [0.25, 0.3) is 6.08 Å². The molecule has 0 saturated carbocycles. The molecule has 3 heterocycles. The zero-order valence-corrected chi connectivity index (χ0v) is 22.2. The van der Waals surface area contributed by atoms with Gasteiger partial charge < -0.3 is 9.64 Å². The summed E-state index contributed by atoms with van der Waals surface area (Å²) in [7, 11) is 1.56. The van der Waals surface area contributed by atoms with Crippen molar-refractivity contribution >= 4 is 45.3 Å². The van der Waals surface area contributed by atoms with Crippen LogP contribution in [0.1, 0.15) is 38.7 Å². The molecule has 3 aromatic rings. The Labute approximate surface area is 223 Å². The van der Waals surface area contributed by atoms with Crippen LogP contribution in [-0.2, 0) is 9.59 Å². The van der Waals surface area contributed by atoms with Gasteiger partial charge in [-0.2, -0.15) is 0 Å². The number of carbonyl (C=O) groups is 3. The van der Waals surface area contributed by atoms with E-state index in [1.165, 1.54) is 4.90 Å². The first kappa shape index (κ1) is 23.7. The number of rotatable bonds is 4. The molecule has 2 fully saturated rings. The number of imide groups is 1. The number of benzene rings is 3. The average Bonchev–Trinajstić information content (AvgIpc) is 3.36. The van der Waals surface area contributed by atoms with Crippen molar-refractivity contribution in [1.82, 2.24) is 4.90 Å². The fourth-order valence-corrected chi connectivity index (χ4v) is 6.68. The van der Waals surface area contributed by atoms with E-state index in [9.17, 15) is 14.4 Å². The molecule has 186 valence electrons. The summed E-state index contributed by atoms with van der Waals surface area (Å²) in [5, 5.41) is 0. The quantitative estimate of drug-likeness (QED) is 0.314. The number of methoxy groups -OCH3 is 1. The fourth-order valence-electron chi connectivity index (χ4n) is 6.14. The Hall–Kier alpha value is -3.71. The molecule has 6 rings (SSSR count). The van der Waals surface area contributed by atoms with Crippen molar-refractivity contribution in [3.05, 3.63) is 99.2 Å². The molecule has 3 aromatic carbocycles. The smallest absolute Gasteiger partial charge is 0.240 e. The molecule has 2 saturated heterocycles. The highest BCUT2D eigenvalue weighted by atomic mass is 79.9. The molecule has 2 amide bonds. The van der Waals surface area contributed by atoms with Gasteiger partial charge in [0.05, 0.1) is 35.1 Å². The van der Waals surface area contributed by atoms with Crippen LogP contribution < -0.4 is 9.64 Å². The van der Waals surface area contributed by atoms with E-state index in [-0.39, 0.29) is 17.6 Å². The number of ether oxygens (including phenoxy) is 1. The van der Waals surface area contributed by atoms with Crippen LogP contribution in [0.5, 0.6) is 5.75 Å². The number of hydrogen-bond donors (Lipinski definition) is 0. The Morgan fingerprint density at radius 1 is 0.946 bits per heavy atom. The molecule has 0 aromatic heterocycles. The predicted molar refractivity (Wildman–Crippen MR) is 144 cm³/mol. The highest BCUT2D eigenvalue weighted by molar-refractivity contribution is 9.10. The first-order valence-electron chi connectivity index (χ1n) is 12.2. The van der Waals surface area contributed by atoms with Gasteiger partial charge in [0.25, 0.3) is 0 Å². The Morgan fingerprint density at radius 3 is 2.43 bits per heavy atom. The van der Waals surface area contributed by atoms with E-state index in [1.807, 2.05) is 73.5 Å². The normalized spacial score (nSPS) is 23.7. The molecule has 0 aliphatic carbocycles. The number of carbonyl (C=O) groups excluding carboxylic acids is 3. The van der Waals surface area contributed by atoms with Crippen LogP contribution in [0, 0.1) is 25.7 Å². The maximum atomic E-state index is 14.1. The Morgan fingerprint density at radius 2 is 1.70 bits per heavy atom. The number of hydrogen-bond acceptors (Lipinski definition) is 5. The van der Waals surface area contributed by atoms with Gasteiger partial charge in [-0.15, -0.1) is 0 Å². The van der Waals surface area contributed by atoms with Gasteiger partial charge >= 0.3 is 0 Å². The second-order valence-electron chi connectivity index (χ2n) is 9.85. The predicted octanol–water partition coefficient (Wildman–Crippen LogP) is 5.47. The molecular formula is C30H25BrN2O4. The summed E-state index contributed by atoms with van der Waals surface area (Å²) < 4.78 is 5.98. The van der Waals surface area contributed by atoms with E-state index in [0.29, 0.717) is 21.5 Å². The second kappa shape index (κ2) is 8.70. The number of nitrogens with zero attached hydrogens (tertiary/aromatic N) is 2. The van der Waals surface area contributed by atoms with Crippen LogP contribution in [0.15, 0.2) is 71.3 Å². The van der Waals surface area contributed by atoms with Gasteiger partial charge in [0.15, 0.2) is 5.78 Å². The minimum absolute atomic E-state index is 0.200. The number of Topliss-reactive ketones (excluding diaryl/α,β-unsaturated/α-hetero) is 1. The lowest BCUT2D eigenvalue weighted by Crippen LogP contribution is -2.44. The van der Waals surface area contributed by atoms with Gasteiger partial charge in [-0.1, -0.05) is 42.0 Å². The lowest BCUT2D eigenvalue weighted by Gasteiger charge is -2.35. The molecule has 37 heavy (non-hydrogen) atoms. The molecule has 3 aliphatic rings. The lowest BCUT2D eigenvalue weighted by molar-refractivity contribution is -0.123. The zero-order chi connectivity index (χ0) is 26.0. The van der Waals surface area contributed by atoms with Crippen molar-refractivity contribution in [3.63, 3.8) is 0 Å². The van der Waals surface area contributed by atoms with Crippen LogP contribution in [0.4, 0.5) is 5.69 Å². The van der Waals surface area contributed by atoms with E-state index >= 15 is 0 Å². The molecule has 0 N–H and O–H groups in total. The fraction of sp³-hybridized carbons (Fsp3) is 0.233. The third-order valence-corrected chi connectivity index (χ3v) is 8.38. The Bertz CT molecular complexity index is 1510. The van der Waals surface area contributed by atoms with Gasteiger partial charge in [-0.05, 0) is 76.8 Å². The van der Waals surface area contributed by atoms with E-state index < -0.39 is 23.9 Å². The number of anilines is 1. The molecular weight excluding hydrogens is 532 g/mol. The molecule has 3 aliphatic heterocycles. The Kier molecular flexibility index (Phi) is 5.57. The number of aryl methyl sites for hydroxylation is 2. The zero-order valence-electron chi connectivity index (χ0n) is 20.6. The maximum absolute atomic E-state index is 14.1. The molecule has 4 atom stereocenters. The van der Waals surface area contributed by atoms with Crippen LogP contribution in [0.2, 0.25) is 0 Å². The molecule has 0 unspecified atom stereocenters. The third-order valence-electron chi connectivity index (χ3n) is 7.76. The van der Waals surface area contributed by atoms with Gasteiger partial charge in [-0.25, -0.2) is 4.90 Å². The SMILES string of the molecule is COc1ccc(C(=O)[C@H]2[C@H]3C(=O)N(c4ccc(C)cc4C)C(=O)[C@H]3[C@@H]3c4ccccc4C=CN23)cc1Br. The van der Waals surface area contributed by atoms with Gasteiger partial charge in [0.1, 0.15) is 11.8 Å². The van der Waals surface area contributed by atoms with E-state index in [2.05, 4.69) is 15.9 Å². The first-order chi connectivity index (χ1) is 17.8. The first-order valence-corrected chi connectivity index (χ1v) is 13.0. The average molecular weight is 557 g/mol. The van der Waals surface area contributed by atoms with E-state index in [4.69, 9.17) is 4.74 Å². The summed E-state index contributed by atoms with van der Waals surface area (Å²) >= 11 is 3.47. The maximum Gasteiger partial charge on any atom is 0.240 e. The summed E-state index contributed by atoms with van der Waals surface area (Å²) in [4.78, 5) is 45.5. The summed E-state index contributed by atoms with van der Waals surface area (Å²) in [6.45, 7) is 3.88. The number of amides is 2.